The summed E-state index contributed by atoms with van der Waals surface area (Å²) < 4.78 is 33.9. The zero-order valence-electron chi connectivity index (χ0n) is 17.2. The van der Waals surface area contributed by atoms with E-state index in [1.165, 1.54) is 27.7 Å². The van der Waals surface area contributed by atoms with Crippen molar-refractivity contribution < 1.29 is 18.3 Å². The van der Waals surface area contributed by atoms with E-state index in [1.807, 2.05) is 0 Å². The number of rotatable bonds is 4. The molecule has 0 spiro atoms. The average Bonchev–Trinajstić information content (AvgIpc) is 2.67. The zero-order valence-corrected chi connectivity index (χ0v) is 17.2. The van der Waals surface area contributed by atoms with Crippen molar-refractivity contribution in [1.29, 1.82) is 0 Å². The minimum absolute atomic E-state index is 0.0423. The van der Waals surface area contributed by atoms with Crippen LogP contribution in [-0.2, 0) is 4.74 Å². The summed E-state index contributed by atoms with van der Waals surface area (Å²) in [4.78, 5) is 31.7. The molecule has 158 valence electrons. The molecule has 0 saturated carbocycles. The molecule has 6 nitrogen and oxygen atoms in total. The number of aromatic nitrogens is 2. The third-order valence-corrected chi connectivity index (χ3v) is 4.33. The molecule has 1 amide bonds. The van der Waals surface area contributed by atoms with Crippen LogP contribution in [0.2, 0.25) is 0 Å². The summed E-state index contributed by atoms with van der Waals surface area (Å²) in [7, 11) is 0. The topological polar surface area (TPSA) is 64.4 Å². The van der Waals surface area contributed by atoms with Crippen molar-refractivity contribution in [3.8, 4) is 5.69 Å². The fourth-order valence-electron chi connectivity index (χ4n) is 3.06. The maximum atomic E-state index is 13.6. The number of benzene rings is 2. The van der Waals surface area contributed by atoms with Gasteiger partial charge in [-0.3, -0.25) is 4.79 Å². The second-order valence-electron chi connectivity index (χ2n) is 7.66. The molecule has 1 heterocycles. The van der Waals surface area contributed by atoms with Crippen molar-refractivity contribution in [2.24, 2.45) is 0 Å². The summed E-state index contributed by atoms with van der Waals surface area (Å²) in [5.74, 6) is -0.0800. The van der Waals surface area contributed by atoms with Gasteiger partial charge in [-0.15, -0.1) is 0 Å². The van der Waals surface area contributed by atoms with Crippen LogP contribution in [0.25, 0.3) is 16.6 Å². The predicted octanol–water partition coefficient (Wildman–Crippen LogP) is 5.08. The summed E-state index contributed by atoms with van der Waals surface area (Å²) in [6.45, 7) is 6.95. The van der Waals surface area contributed by atoms with Gasteiger partial charge in [0.25, 0.3) is 12.0 Å². The molecule has 0 aliphatic heterocycles. The summed E-state index contributed by atoms with van der Waals surface area (Å²) in [6, 6.07) is 12.7. The van der Waals surface area contributed by atoms with Crippen LogP contribution in [0, 0.1) is 0 Å². The number of fused-ring (bicyclic) bond motifs is 1. The Kier molecular flexibility index (Phi) is 5.87. The SMILES string of the molecule is CCN(C(=O)OC(C)(C)C)c1nc2c(C(F)F)cccc2c(=O)n1-c1ccccc1. The number of carbonyl (C=O) groups excluding carboxylic acids is 1. The molecule has 8 heteroatoms. The maximum Gasteiger partial charge on any atom is 0.417 e. The van der Waals surface area contributed by atoms with E-state index in [-0.39, 0.29) is 29.0 Å². The molecular weight excluding hydrogens is 392 g/mol. The van der Waals surface area contributed by atoms with Crippen LogP contribution in [0.15, 0.2) is 53.3 Å². The second-order valence-corrected chi connectivity index (χ2v) is 7.66. The van der Waals surface area contributed by atoms with E-state index < -0.39 is 23.7 Å². The van der Waals surface area contributed by atoms with Gasteiger partial charge < -0.3 is 4.74 Å². The first kappa shape index (κ1) is 21.4. The lowest BCUT2D eigenvalue weighted by Crippen LogP contribution is -2.40. The average molecular weight is 415 g/mol. The van der Waals surface area contributed by atoms with Gasteiger partial charge in [0, 0.05) is 12.1 Å². The molecule has 0 aliphatic rings. The number of anilines is 1. The van der Waals surface area contributed by atoms with Gasteiger partial charge in [-0.1, -0.05) is 30.3 Å². The Hall–Kier alpha value is -3.29. The van der Waals surface area contributed by atoms with Crippen molar-refractivity contribution in [2.75, 3.05) is 11.4 Å². The molecule has 0 aliphatic carbocycles. The summed E-state index contributed by atoms with van der Waals surface area (Å²) in [5.41, 5.74) is -1.39. The number of amides is 1. The summed E-state index contributed by atoms with van der Waals surface area (Å²) >= 11 is 0. The first-order chi connectivity index (χ1) is 14.1. The molecule has 0 unspecified atom stereocenters. The minimum atomic E-state index is -2.82. The first-order valence-corrected chi connectivity index (χ1v) is 9.53. The lowest BCUT2D eigenvalue weighted by molar-refractivity contribution is 0.0579. The molecule has 0 fully saturated rings. The molecule has 3 rings (SSSR count). The van der Waals surface area contributed by atoms with Gasteiger partial charge in [-0.2, -0.15) is 0 Å². The number of halogens is 2. The highest BCUT2D eigenvalue weighted by Crippen LogP contribution is 2.28. The normalized spacial score (nSPS) is 11.7. The Morgan fingerprint density at radius 2 is 1.80 bits per heavy atom. The van der Waals surface area contributed by atoms with Crippen LogP contribution >= 0.6 is 0 Å². The van der Waals surface area contributed by atoms with Crippen LogP contribution in [-0.4, -0.2) is 27.8 Å². The van der Waals surface area contributed by atoms with Crippen LogP contribution in [0.4, 0.5) is 19.5 Å². The van der Waals surface area contributed by atoms with Gasteiger partial charge >= 0.3 is 6.09 Å². The molecule has 30 heavy (non-hydrogen) atoms. The molecule has 3 aromatic rings. The van der Waals surface area contributed by atoms with Crippen molar-refractivity contribution >= 4 is 22.9 Å². The molecule has 0 radical (unpaired) electrons. The third kappa shape index (κ3) is 4.17. The monoisotopic (exact) mass is 415 g/mol. The van der Waals surface area contributed by atoms with Gasteiger partial charge in [0.15, 0.2) is 0 Å². The molecule has 0 N–H and O–H groups in total. The quantitative estimate of drug-likeness (QED) is 0.596. The Balaban J connectivity index is 2.36. The third-order valence-electron chi connectivity index (χ3n) is 4.33. The number of carbonyl (C=O) groups is 1. The van der Waals surface area contributed by atoms with E-state index >= 15 is 0 Å². The van der Waals surface area contributed by atoms with E-state index in [2.05, 4.69) is 4.98 Å². The smallest absolute Gasteiger partial charge is 0.417 e. The van der Waals surface area contributed by atoms with E-state index in [1.54, 1.807) is 58.0 Å². The highest BCUT2D eigenvalue weighted by atomic mass is 19.3. The van der Waals surface area contributed by atoms with Gasteiger partial charge in [0.05, 0.1) is 16.6 Å². The largest absolute Gasteiger partial charge is 0.443 e. The minimum Gasteiger partial charge on any atom is -0.443 e. The molecule has 2 aromatic carbocycles. The lowest BCUT2D eigenvalue weighted by Gasteiger charge is -2.27. The number of ether oxygens (including phenoxy) is 1. The number of hydrogen-bond acceptors (Lipinski definition) is 4. The predicted molar refractivity (Wildman–Crippen MR) is 112 cm³/mol. The number of nitrogens with zero attached hydrogens (tertiary/aromatic N) is 3. The summed E-state index contributed by atoms with van der Waals surface area (Å²) in [6.07, 6.45) is -3.55. The molecule has 0 bridgehead atoms. The van der Waals surface area contributed by atoms with Crippen molar-refractivity contribution in [3.05, 3.63) is 64.4 Å². The Morgan fingerprint density at radius 3 is 2.37 bits per heavy atom. The fourth-order valence-corrected chi connectivity index (χ4v) is 3.06. The van der Waals surface area contributed by atoms with Crippen LogP contribution in [0.5, 0.6) is 0 Å². The fraction of sp³-hybridized carbons (Fsp3) is 0.318. The zero-order chi connectivity index (χ0) is 22.1. The first-order valence-electron chi connectivity index (χ1n) is 9.53. The molecule has 0 atom stereocenters. The Labute approximate surface area is 172 Å². The highest BCUT2D eigenvalue weighted by molar-refractivity contribution is 5.89. The van der Waals surface area contributed by atoms with Gasteiger partial charge in [-0.05, 0) is 45.9 Å². The van der Waals surface area contributed by atoms with E-state index in [4.69, 9.17) is 4.74 Å². The van der Waals surface area contributed by atoms with E-state index in [0.29, 0.717) is 5.69 Å². The Bertz CT molecular complexity index is 1120. The van der Waals surface area contributed by atoms with Crippen molar-refractivity contribution in [1.82, 2.24) is 9.55 Å². The summed E-state index contributed by atoms with van der Waals surface area (Å²) in [5, 5.41) is 0.0423. The number of hydrogen-bond donors (Lipinski definition) is 0. The number of para-hydroxylation sites is 2. The molecular formula is C22H23F2N3O3. The van der Waals surface area contributed by atoms with Gasteiger partial charge in [0.1, 0.15) is 5.60 Å². The van der Waals surface area contributed by atoms with Crippen LogP contribution in [0.1, 0.15) is 39.7 Å². The Morgan fingerprint density at radius 1 is 1.13 bits per heavy atom. The van der Waals surface area contributed by atoms with Gasteiger partial charge in [0.2, 0.25) is 5.95 Å². The highest BCUT2D eigenvalue weighted by Gasteiger charge is 2.28. The van der Waals surface area contributed by atoms with Crippen molar-refractivity contribution in [3.63, 3.8) is 0 Å². The van der Waals surface area contributed by atoms with Crippen LogP contribution < -0.4 is 10.5 Å². The second kappa shape index (κ2) is 8.22. The molecule has 1 aromatic heterocycles. The van der Waals surface area contributed by atoms with Crippen LogP contribution in [0.3, 0.4) is 0 Å². The standard InChI is InChI=1S/C22H23F2N3O3/c1-5-26(21(29)30-22(2,3)4)20-25-17-15(18(23)24)12-9-13-16(17)19(28)27(20)14-10-7-6-8-11-14/h6-13,18H,5H2,1-4H3. The number of alkyl halides is 2. The molecule has 0 saturated heterocycles. The lowest BCUT2D eigenvalue weighted by atomic mass is 10.1. The van der Waals surface area contributed by atoms with Gasteiger partial charge in [-0.25, -0.2) is 28.0 Å². The van der Waals surface area contributed by atoms with E-state index in [9.17, 15) is 18.4 Å². The maximum absolute atomic E-state index is 13.6. The van der Waals surface area contributed by atoms with E-state index in [0.717, 1.165) is 0 Å². The van der Waals surface area contributed by atoms with Crippen molar-refractivity contribution in [2.45, 2.75) is 39.7 Å².